The van der Waals surface area contributed by atoms with Gasteiger partial charge in [-0.15, -0.1) is 0 Å². The Labute approximate surface area is 79.3 Å². The van der Waals surface area contributed by atoms with Crippen LogP contribution in [-0.2, 0) is 4.57 Å². The third kappa shape index (κ3) is 3.25. The van der Waals surface area contributed by atoms with E-state index < -0.39 is 8.03 Å². The minimum absolute atomic E-state index is 0.0583. The summed E-state index contributed by atoms with van der Waals surface area (Å²) in [7, 11) is -2.18. The fourth-order valence-electron chi connectivity index (χ4n) is 0.571. The van der Waals surface area contributed by atoms with Gasteiger partial charge >= 0.3 is 8.03 Å². The van der Waals surface area contributed by atoms with Gasteiger partial charge in [0.05, 0.1) is 0 Å². The molecule has 0 aliphatic heterocycles. The maximum atomic E-state index is 10.4. The van der Waals surface area contributed by atoms with Crippen molar-refractivity contribution in [2.45, 2.75) is 12.1 Å². The van der Waals surface area contributed by atoms with E-state index >= 15 is 0 Å². The fraction of sp³-hybridized carbons (Fsp3) is 0.750. The lowest BCUT2D eigenvalue weighted by atomic mass is 10.9. The van der Waals surface area contributed by atoms with Crippen molar-refractivity contribution in [2.75, 3.05) is 12.1 Å². The van der Waals surface area contributed by atoms with E-state index in [1.54, 1.807) is 6.92 Å². The zero-order valence-electron chi connectivity index (χ0n) is 6.82. The van der Waals surface area contributed by atoms with E-state index in [2.05, 4.69) is 15.5 Å². The van der Waals surface area contributed by atoms with Gasteiger partial charge in [-0.25, -0.2) is 0 Å². The maximum absolute atomic E-state index is 10.4. The van der Waals surface area contributed by atoms with E-state index in [0.717, 1.165) is 16.6 Å². The number of hydrogen-bond donors (Lipinski definition) is 1. The molecule has 0 amide bonds. The summed E-state index contributed by atoms with van der Waals surface area (Å²) in [5, 5.41) is 10.9. The average Bonchev–Trinajstić information content (AvgIpc) is 2.49. The third-order valence-electron chi connectivity index (χ3n) is 0.971. The van der Waals surface area contributed by atoms with Crippen LogP contribution in [0.25, 0.3) is 0 Å². The van der Waals surface area contributed by atoms with E-state index in [1.165, 1.54) is 0 Å². The van der Waals surface area contributed by atoms with E-state index in [-0.39, 0.29) is 5.49 Å². The molecule has 72 valence electrons. The second-order valence-corrected chi connectivity index (χ2v) is 4.27. The SMILES string of the molecule is CCOn1nnnc1SC[P+](=O)O. The Bertz CT molecular complexity index is 293. The Morgan fingerprint density at radius 3 is 3.15 bits per heavy atom. The van der Waals surface area contributed by atoms with Crippen LogP contribution in [0.1, 0.15) is 6.92 Å². The summed E-state index contributed by atoms with van der Waals surface area (Å²) in [5.74, 6) is 0. The van der Waals surface area contributed by atoms with Gasteiger partial charge in [0.1, 0.15) is 6.61 Å². The molecule has 0 aromatic carbocycles. The summed E-state index contributed by atoms with van der Waals surface area (Å²) in [5.41, 5.74) is 0.0583. The van der Waals surface area contributed by atoms with Gasteiger partial charge in [0.2, 0.25) is 5.49 Å². The van der Waals surface area contributed by atoms with Crippen LogP contribution in [0.5, 0.6) is 0 Å². The summed E-state index contributed by atoms with van der Waals surface area (Å²) in [6, 6.07) is 0. The molecule has 1 N–H and O–H groups in total. The van der Waals surface area contributed by atoms with Crippen LogP contribution in [0.2, 0.25) is 0 Å². The predicted molar refractivity (Wildman–Crippen MR) is 45.5 cm³/mol. The first kappa shape index (κ1) is 10.4. The lowest BCUT2D eigenvalue weighted by Crippen LogP contribution is -2.13. The van der Waals surface area contributed by atoms with E-state index in [9.17, 15) is 4.57 Å². The van der Waals surface area contributed by atoms with Gasteiger partial charge in [0.15, 0.2) is 0 Å². The molecular formula is C4H8N4O3PS+. The van der Waals surface area contributed by atoms with Crippen LogP contribution >= 0.6 is 19.8 Å². The molecule has 1 aromatic rings. The molecule has 0 spiro atoms. The molecule has 1 rings (SSSR count). The summed E-state index contributed by atoms with van der Waals surface area (Å²) >= 11 is 1.07. The van der Waals surface area contributed by atoms with E-state index in [0.29, 0.717) is 11.8 Å². The molecule has 9 heteroatoms. The van der Waals surface area contributed by atoms with Gasteiger partial charge in [-0.1, -0.05) is 9.94 Å². The number of thioether (sulfide) groups is 1. The van der Waals surface area contributed by atoms with Gasteiger partial charge in [-0.05, 0) is 33.7 Å². The fourth-order valence-corrected chi connectivity index (χ4v) is 1.77. The quantitative estimate of drug-likeness (QED) is 0.550. The number of tetrazole rings is 1. The largest absolute Gasteiger partial charge is 0.516 e. The molecule has 0 radical (unpaired) electrons. The van der Waals surface area contributed by atoms with Gasteiger partial charge in [0, 0.05) is 0 Å². The zero-order chi connectivity index (χ0) is 9.68. The highest BCUT2D eigenvalue weighted by atomic mass is 32.2. The van der Waals surface area contributed by atoms with Crippen molar-refractivity contribution in [3.8, 4) is 0 Å². The predicted octanol–water partition coefficient (Wildman–Crippen LogP) is -0.0941. The van der Waals surface area contributed by atoms with Crippen LogP contribution in [0.15, 0.2) is 5.16 Å². The molecule has 0 saturated carbocycles. The smallest absolute Gasteiger partial charge is 0.394 e. The van der Waals surface area contributed by atoms with Crippen molar-refractivity contribution < 1.29 is 14.3 Å². The van der Waals surface area contributed by atoms with Crippen LogP contribution in [0.4, 0.5) is 0 Å². The molecule has 7 nitrogen and oxygen atoms in total. The molecular weight excluding hydrogens is 215 g/mol. The van der Waals surface area contributed by atoms with Crippen LogP contribution in [0.3, 0.4) is 0 Å². The molecule has 0 bridgehead atoms. The monoisotopic (exact) mass is 223 g/mol. The topological polar surface area (TPSA) is 90.1 Å². The average molecular weight is 223 g/mol. The normalized spacial score (nSPS) is 11.4. The number of aromatic nitrogens is 4. The highest BCUT2D eigenvalue weighted by Crippen LogP contribution is 2.25. The van der Waals surface area contributed by atoms with Crippen molar-refractivity contribution in [2.24, 2.45) is 0 Å². The Morgan fingerprint density at radius 2 is 2.54 bits per heavy atom. The summed E-state index contributed by atoms with van der Waals surface area (Å²) in [6.07, 6.45) is 0. The molecule has 0 saturated heterocycles. The second kappa shape index (κ2) is 5.11. The molecule has 0 aliphatic carbocycles. The van der Waals surface area contributed by atoms with Crippen LogP contribution < -0.4 is 4.84 Å². The Kier molecular flexibility index (Phi) is 4.07. The number of nitrogens with zero attached hydrogens (tertiary/aromatic N) is 4. The molecule has 13 heavy (non-hydrogen) atoms. The molecule has 1 aromatic heterocycles. The van der Waals surface area contributed by atoms with Crippen molar-refractivity contribution >= 4 is 19.8 Å². The third-order valence-corrected chi connectivity index (χ3v) is 2.87. The second-order valence-electron chi connectivity index (χ2n) is 1.88. The Balaban J connectivity index is 2.54. The first-order valence-corrected chi connectivity index (χ1v) is 5.80. The first-order valence-electron chi connectivity index (χ1n) is 3.42. The van der Waals surface area contributed by atoms with Gasteiger partial charge < -0.3 is 4.84 Å². The van der Waals surface area contributed by atoms with E-state index in [4.69, 9.17) is 9.73 Å². The minimum Gasteiger partial charge on any atom is -0.394 e. The Morgan fingerprint density at radius 1 is 1.77 bits per heavy atom. The van der Waals surface area contributed by atoms with Gasteiger partial charge in [-0.3, -0.25) is 0 Å². The molecule has 1 heterocycles. The highest BCUT2D eigenvalue weighted by Gasteiger charge is 2.16. The van der Waals surface area contributed by atoms with Crippen molar-refractivity contribution in [3.05, 3.63) is 0 Å². The van der Waals surface area contributed by atoms with Crippen LogP contribution in [-0.4, -0.2) is 37.4 Å². The van der Waals surface area contributed by atoms with Crippen molar-refractivity contribution in [1.29, 1.82) is 0 Å². The van der Waals surface area contributed by atoms with Gasteiger partial charge in [-0.2, -0.15) is 4.89 Å². The zero-order valence-corrected chi connectivity index (χ0v) is 8.53. The molecule has 1 unspecified atom stereocenters. The summed E-state index contributed by atoms with van der Waals surface area (Å²) in [6.45, 7) is 2.23. The Hall–Kier alpha value is -0.720. The minimum atomic E-state index is -2.18. The van der Waals surface area contributed by atoms with E-state index in [1.807, 2.05) is 0 Å². The first-order chi connectivity index (χ1) is 6.24. The molecule has 0 aliphatic rings. The highest BCUT2D eigenvalue weighted by molar-refractivity contribution is 8.03. The van der Waals surface area contributed by atoms with Gasteiger partial charge in [0.25, 0.3) is 5.16 Å². The number of hydrogen-bond acceptors (Lipinski definition) is 6. The molecule has 1 atom stereocenters. The van der Waals surface area contributed by atoms with Crippen LogP contribution in [0, 0.1) is 0 Å². The summed E-state index contributed by atoms with van der Waals surface area (Å²) < 4.78 is 10.4. The molecule has 0 fully saturated rings. The summed E-state index contributed by atoms with van der Waals surface area (Å²) in [4.78, 5) is 14.7. The lowest BCUT2D eigenvalue weighted by Gasteiger charge is -1.99. The maximum Gasteiger partial charge on any atom is 0.516 e. The van der Waals surface area contributed by atoms with Crippen molar-refractivity contribution in [3.63, 3.8) is 0 Å². The van der Waals surface area contributed by atoms with Crippen molar-refractivity contribution in [1.82, 2.24) is 20.4 Å². The lowest BCUT2D eigenvalue weighted by molar-refractivity contribution is 0.0696. The number of rotatable bonds is 5. The standard InChI is InChI=1S/C4H7N4O3PS/c1-2-11-8-4(5-6-7-8)13-3-12(9)10/h2-3H2,1H3/p+1.